The number of aryl methyl sites for hydroxylation is 1. The van der Waals surface area contributed by atoms with Gasteiger partial charge in [-0.2, -0.15) is 0 Å². The average molecular weight is 507 g/mol. The van der Waals surface area contributed by atoms with Crippen molar-refractivity contribution in [2.75, 3.05) is 13.7 Å². The Morgan fingerprint density at radius 2 is 1.64 bits per heavy atom. The smallest absolute Gasteiger partial charge is 0.243 e. The number of carbonyl (C=O) groups excluding carboxylic acids is 2. The van der Waals surface area contributed by atoms with Gasteiger partial charge in [-0.05, 0) is 47.2 Å². The minimum Gasteiger partial charge on any atom is -0.497 e. The zero-order valence-electron chi connectivity index (χ0n) is 21.2. The highest BCUT2D eigenvalue weighted by Crippen LogP contribution is 2.21. The monoisotopic (exact) mass is 506 g/mol. The number of nitrogens with zero attached hydrogens (tertiary/aromatic N) is 1. The maximum Gasteiger partial charge on any atom is 0.243 e. The first-order chi connectivity index (χ1) is 17.4. The summed E-state index contributed by atoms with van der Waals surface area (Å²) in [5.74, 6) is 0.758. The van der Waals surface area contributed by atoms with Crippen LogP contribution in [0.3, 0.4) is 0 Å². The van der Waals surface area contributed by atoms with E-state index in [1.165, 1.54) is 0 Å². The number of hydrogen-bond donors (Lipinski definition) is 1. The topological polar surface area (TPSA) is 58.6 Å². The first-order valence-electron chi connectivity index (χ1n) is 12.3. The van der Waals surface area contributed by atoms with Crippen molar-refractivity contribution >= 4 is 23.4 Å². The lowest BCUT2D eigenvalue weighted by molar-refractivity contribution is -0.141. The number of rotatable bonds is 12. The summed E-state index contributed by atoms with van der Waals surface area (Å²) < 4.78 is 5.39. The Hall–Kier alpha value is -3.31. The Morgan fingerprint density at radius 1 is 0.944 bits per heavy atom. The number of ether oxygens (including phenoxy) is 1. The summed E-state index contributed by atoms with van der Waals surface area (Å²) in [5, 5.41) is 3.69. The summed E-state index contributed by atoms with van der Waals surface area (Å²) in [5.41, 5.74) is 2.81. The maximum absolute atomic E-state index is 13.7. The molecule has 0 fully saturated rings. The first kappa shape index (κ1) is 27.3. The van der Waals surface area contributed by atoms with Crippen molar-refractivity contribution in [1.29, 1.82) is 0 Å². The Labute approximate surface area is 219 Å². The van der Waals surface area contributed by atoms with Gasteiger partial charge in [-0.3, -0.25) is 9.59 Å². The third-order valence-electron chi connectivity index (χ3n) is 6.01. The molecule has 0 heterocycles. The molecule has 5 nitrogen and oxygen atoms in total. The number of methoxy groups -OCH3 is 1. The minimum absolute atomic E-state index is 0.0987. The summed E-state index contributed by atoms with van der Waals surface area (Å²) in [4.78, 5) is 28.9. The Balaban J connectivity index is 1.92. The van der Waals surface area contributed by atoms with Crippen molar-refractivity contribution in [1.82, 2.24) is 10.2 Å². The summed E-state index contributed by atoms with van der Waals surface area (Å²) in [6, 6.07) is 24.3. The van der Waals surface area contributed by atoms with Crippen molar-refractivity contribution in [2.24, 2.45) is 5.92 Å². The van der Waals surface area contributed by atoms with Crippen LogP contribution in [0.25, 0.3) is 0 Å². The number of hydrogen-bond acceptors (Lipinski definition) is 3. The zero-order chi connectivity index (χ0) is 25.9. The van der Waals surface area contributed by atoms with Crippen LogP contribution in [0.2, 0.25) is 5.02 Å². The van der Waals surface area contributed by atoms with Crippen LogP contribution in [0.15, 0.2) is 78.9 Å². The van der Waals surface area contributed by atoms with Crippen LogP contribution in [0.1, 0.15) is 37.0 Å². The van der Waals surface area contributed by atoms with Crippen LogP contribution < -0.4 is 10.1 Å². The molecule has 0 aliphatic rings. The van der Waals surface area contributed by atoms with E-state index in [-0.39, 0.29) is 18.2 Å². The molecule has 2 amide bonds. The molecular formula is C30H35ClN2O3. The molecule has 0 spiro atoms. The van der Waals surface area contributed by atoms with Gasteiger partial charge in [0.1, 0.15) is 11.8 Å². The molecule has 3 aromatic rings. The SMILES string of the molecule is COc1cccc(CN(C(=O)CCc2ccccc2Cl)C(Cc2ccccc2)C(=O)NCC(C)C)c1. The van der Waals surface area contributed by atoms with E-state index in [4.69, 9.17) is 16.3 Å². The molecule has 1 N–H and O–H groups in total. The van der Waals surface area contributed by atoms with Gasteiger partial charge >= 0.3 is 0 Å². The molecule has 3 rings (SSSR count). The van der Waals surface area contributed by atoms with Crippen molar-refractivity contribution < 1.29 is 14.3 Å². The second kappa shape index (κ2) is 13.7. The van der Waals surface area contributed by atoms with Crippen molar-refractivity contribution in [3.8, 4) is 5.75 Å². The standard InChI is InChI=1S/C30H35ClN2O3/c1-22(2)20-32-30(35)28(19-23-10-5-4-6-11-23)33(21-24-12-9-14-26(18-24)36-3)29(34)17-16-25-13-7-8-15-27(25)31/h4-15,18,22,28H,16-17,19-21H2,1-3H3,(H,32,35). The first-order valence-corrected chi connectivity index (χ1v) is 12.7. The van der Waals surface area contributed by atoms with Crippen LogP contribution in [0.4, 0.5) is 0 Å². The van der Waals surface area contributed by atoms with E-state index in [0.717, 1.165) is 16.7 Å². The summed E-state index contributed by atoms with van der Waals surface area (Å²) in [7, 11) is 1.61. The lowest BCUT2D eigenvalue weighted by atomic mass is 10.0. The van der Waals surface area contributed by atoms with Crippen LogP contribution in [0.5, 0.6) is 5.75 Å². The van der Waals surface area contributed by atoms with Crippen LogP contribution in [0, 0.1) is 5.92 Å². The van der Waals surface area contributed by atoms with Gasteiger partial charge in [0, 0.05) is 31.0 Å². The fourth-order valence-corrected chi connectivity index (χ4v) is 4.26. The lowest BCUT2D eigenvalue weighted by Crippen LogP contribution is -2.51. The van der Waals surface area contributed by atoms with E-state index < -0.39 is 6.04 Å². The largest absolute Gasteiger partial charge is 0.497 e. The van der Waals surface area contributed by atoms with Gasteiger partial charge in [0.2, 0.25) is 11.8 Å². The van der Waals surface area contributed by atoms with E-state index in [9.17, 15) is 9.59 Å². The third kappa shape index (κ3) is 8.13. The number of amides is 2. The number of carbonyl (C=O) groups is 2. The molecule has 0 bridgehead atoms. The molecule has 0 saturated carbocycles. The van der Waals surface area contributed by atoms with E-state index in [2.05, 4.69) is 19.2 Å². The molecule has 1 atom stereocenters. The van der Waals surface area contributed by atoms with E-state index in [1.807, 2.05) is 78.9 Å². The number of nitrogens with one attached hydrogen (secondary N) is 1. The van der Waals surface area contributed by atoms with Gasteiger partial charge in [0.05, 0.1) is 7.11 Å². The second-order valence-corrected chi connectivity index (χ2v) is 9.72. The molecule has 0 aromatic heterocycles. The predicted molar refractivity (Wildman–Crippen MR) is 145 cm³/mol. The van der Waals surface area contributed by atoms with Crippen LogP contribution >= 0.6 is 11.6 Å². The highest BCUT2D eigenvalue weighted by atomic mass is 35.5. The zero-order valence-corrected chi connectivity index (χ0v) is 22.0. The fraction of sp³-hybridized carbons (Fsp3) is 0.333. The molecule has 0 saturated heterocycles. The number of benzene rings is 3. The highest BCUT2D eigenvalue weighted by molar-refractivity contribution is 6.31. The Bertz CT molecular complexity index is 1130. The predicted octanol–water partition coefficient (Wildman–Crippen LogP) is 5.69. The second-order valence-electron chi connectivity index (χ2n) is 9.31. The third-order valence-corrected chi connectivity index (χ3v) is 6.38. The lowest BCUT2D eigenvalue weighted by Gasteiger charge is -2.32. The average Bonchev–Trinajstić information content (AvgIpc) is 2.89. The van der Waals surface area contributed by atoms with Gasteiger partial charge in [-0.15, -0.1) is 0 Å². The molecular weight excluding hydrogens is 472 g/mol. The minimum atomic E-state index is -0.656. The number of halogens is 1. The molecule has 0 radical (unpaired) electrons. The van der Waals surface area contributed by atoms with E-state index in [0.29, 0.717) is 42.6 Å². The molecule has 1 unspecified atom stereocenters. The molecule has 0 aliphatic heterocycles. The van der Waals surface area contributed by atoms with Crippen molar-refractivity contribution in [3.63, 3.8) is 0 Å². The molecule has 190 valence electrons. The normalized spacial score (nSPS) is 11.7. The van der Waals surface area contributed by atoms with E-state index in [1.54, 1.807) is 12.0 Å². The Morgan fingerprint density at radius 3 is 2.33 bits per heavy atom. The van der Waals surface area contributed by atoms with Crippen LogP contribution in [-0.2, 0) is 29.0 Å². The quantitative estimate of drug-likeness (QED) is 0.343. The van der Waals surface area contributed by atoms with Gasteiger partial charge in [0.25, 0.3) is 0 Å². The molecule has 3 aromatic carbocycles. The highest BCUT2D eigenvalue weighted by Gasteiger charge is 2.30. The maximum atomic E-state index is 13.7. The van der Waals surface area contributed by atoms with Crippen LogP contribution in [-0.4, -0.2) is 36.4 Å². The van der Waals surface area contributed by atoms with Crippen molar-refractivity contribution in [3.05, 3.63) is 101 Å². The van der Waals surface area contributed by atoms with Gasteiger partial charge in [0.15, 0.2) is 0 Å². The van der Waals surface area contributed by atoms with Gasteiger partial charge in [-0.1, -0.05) is 86.1 Å². The fourth-order valence-electron chi connectivity index (χ4n) is 4.03. The summed E-state index contributed by atoms with van der Waals surface area (Å²) >= 11 is 6.34. The molecule has 6 heteroatoms. The van der Waals surface area contributed by atoms with Crippen molar-refractivity contribution in [2.45, 2.75) is 45.7 Å². The molecule has 0 aliphatic carbocycles. The Kier molecular flexibility index (Phi) is 10.4. The molecule has 36 heavy (non-hydrogen) atoms. The summed E-state index contributed by atoms with van der Waals surface area (Å²) in [6.45, 7) is 4.95. The van der Waals surface area contributed by atoms with Gasteiger partial charge < -0.3 is 15.0 Å². The van der Waals surface area contributed by atoms with Gasteiger partial charge in [-0.25, -0.2) is 0 Å². The summed E-state index contributed by atoms with van der Waals surface area (Å²) in [6.07, 6.45) is 1.17. The van der Waals surface area contributed by atoms with E-state index >= 15 is 0 Å².